The molecule has 2 N–H and O–H groups in total. The largest absolute Gasteiger partial charge is 0.316 e. The van der Waals surface area contributed by atoms with E-state index in [9.17, 15) is 0 Å². The van der Waals surface area contributed by atoms with Gasteiger partial charge < -0.3 is 10.6 Å². The highest BCUT2D eigenvalue weighted by Gasteiger charge is 2.15. The summed E-state index contributed by atoms with van der Waals surface area (Å²) in [6.45, 7) is 4.32. The summed E-state index contributed by atoms with van der Waals surface area (Å²) in [4.78, 5) is 0. The second-order valence-corrected chi connectivity index (χ2v) is 6.77. The first-order valence-electron chi connectivity index (χ1n) is 7.18. The first kappa shape index (κ1) is 15.0. The molecule has 1 aliphatic rings. The Hall–Kier alpha value is -0.870. The van der Waals surface area contributed by atoms with E-state index < -0.39 is 0 Å². The van der Waals surface area contributed by atoms with Crippen LogP contribution in [0.5, 0.6) is 0 Å². The maximum absolute atomic E-state index is 5.99. The second kappa shape index (κ2) is 6.93. The number of hydrogen-bond acceptors (Lipinski definition) is 2. The number of hydrogen-bond donors (Lipinski definition) is 2. The van der Waals surface area contributed by atoms with E-state index in [0.29, 0.717) is 0 Å². The molecule has 1 aliphatic heterocycles. The van der Waals surface area contributed by atoms with E-state index in [2.05, 4.69) is 50.8 Å². The highest BCUT2D eigenvalue weighted by atomic mass is 79.9. The van der Waals surface area contributed by atoms with Crippen LogP contribution in [0.15, 0.2) is 46.9 Å². The molecule has 110 valence electrons. The van der Waals surface area contributed by atoms with Crippen molar-refractivity contribution in [2.45, 2.75) is 6.54 Å². The van der Waals surface area contributed by atoms with E-state index in [-0.39, 0.29) is 0 Å². The zero-order chi connectivity index (χ0) is 14.7. The van der Waals surface area contributed by atoms with Gasteiger partial charge in [0, 0.05) is 35.7 Å². The number of nitrogens with one attached hydrogen (secondary N) is 2. The first-order chi connectivity index (χ1) is 10.2. The minimum absolute atomic E-state index is 0.747. The van der Waals surface area contributed by atoms with Crippen LogP contribution in [0.4, 0.5) is 0 Å². The fourth-order valence-electron chi connectivity index (χ4n) is 2.44. The molecule has 4 heteroatoms. The van der Waals surface area contributed by atoms with E-state index in [1.54, 1.807) is 0 Å². The second-order valence-electron chi connectivity index (χ2n) is 5.48. The van der Waals surface area contributed by atoms with Crippen LogP contribution in [-0.4, -0.2) is 19.6 Å². The van der Waals surface area contributed by atoms with Gasteiger partial charge in [-0.15, -0.1) is 0 Å². The predicted molar refractivity (Wildman–Crippen MR) is 92.7 cm³/mol. The predicted octanol–water partition coefficient (Wildman–Crippen LogP) is 4.08. The summed E-state index contributed by atoms with van der Waals surface area (Å²) in [7, 11) is 0. The SMILES string of the molecule is Clc1ccc(-c2ccc(CNCC3CNC3)cc2)c(Br)c1. The molecular formula is C17H18BrClN2. The molecule has 2 aromatic carbocycles. The Kier molecular flexibility index (Phi) is 4.96. The Balaban J connectivity index is 1.62. The van der Waals surface area contributed by atoms with Crippen LogP contribution in [0.3, 0.4) is 0 Å². The molecule has 0 aliphatic carbocycles. The van der Waals surface area contributed by atoms with Crippen LogP contribution in [-0.2, 0) is 6.54 Å². The van der Waals surface area contributed by atoms with Gasteiger partial charge in [-0.1, -0.05) is 57.9 Å². The lowest BCUT2D eigenvalue weighted by Gasteiger charge is -2.27. The number of halogens is 2. The van der Waals surface area contributed by atoms with Crippen LogP contribution in [0.1, 0.15) is 5.56 Å². The molecule has 0 unspecified atom stereocenters. The van der Waals surface area contributed by atoms with E-state index in [1.807, 2.05) is 18.2 Å². The van der Waals surface area contributed by atoms with Crippen molar-refractivity contribution in [1.82, 2.24) is 10.6 Å². The molecule has 1 fully saturated rings. The van der Waals surface area contributed by atoms with Crippen molar-refractivity contribution >= 4 is 27.5 Å². The Bertz CT molecular complexity index is 609. The summed E-state index contributed by atoms with van der Waals surface area (Å²) in [5.74, 6) is 0.800. The quantitative estimate of drug-likeness (QED) is 0.834. The van der Waals surface area contributed by atoms with Crippen LogP contribution < -0.4 is 10.6 Å². The Morgan fingerprint density at radius 2 is 1.90 bits per heavy atom. The maximum atomic E-state index is 5.99. The minimum atomic E-state index is 0.747. The zero-order valence-corrected chi connectivity index (χ0v) is 14.0. The van der Waals surface area contributed by atoms with Gasteiger partial charge in [0.1, 0.15) is 0 Å². The van der Waals surface area contributed by atoms with Crippen molar-refractivity contribution in [3.05, 3.63) is 57.5 Å². The lowest BCUT2D eigenvalue weighted by atomic mass is 10.0. The molecule has 0 amide bonds. The van der Waals surface area contributed by atoms with E-state index in [0.717, 1.165) is 41.6 Å². The molecule has 0 radical (unpaired) electrons. The fourth-order valence-corrected chi connectivity index (χ4v) is 3.35. The van der Waals surface area contributed by atoms with Gasteiger partial charge in [-0.25, -0.2) is 0 Å². The van der Waals surface area contributed by atoms with Gasteiger partial charge in [0.15, 0.2) is 0 Å². The summed E-state index contributed by atoms with van der Waals surface area (Å²) >= 11 is 9.56. The van der Waals surface area contributed by atoms with Crippen molar-refractivity contribution in [1.29, 1.82) is 0 Å². The van der Waals surface area contributed by atoms with Gasteiger partial charge >= 0.3 is 0 Å². The third-order valence-corrected chi connectivity index (χ3v) is 4.72. The first-order valence-corrected chi connectivity index (χ1v) is 8.35. The van der Waals surface area contributed by atoms with Crippen molar-refractivity contribution < 1.29 is 0 Å². The third kappa shape index (κ3) is 3.86. The van der Waals surface area contributed by atoms with Gasteiger partial charge in [-0.05, 0) is 34.7 Å². The molecule has 0 saturated carbocycles. The Morgan fingerprint density at radius 3 is 2.52 bits per heavy atom. The summed E-state index contributed by atoms with van der Waals surface area (Å²) in [5, 5.41) is 7.55. The molecule has 3 rings (SSSR count). The van der Waals surface area contributed by atoms with Crippen LogP contribution in [0.25, 0.3) is 11.1 Å². The molecule has 0 atom stereocenters. The van der Waals surface area contributed by atoms with Crippen molar-refractivity contribution in [2.75, 3.05) is 19.6 Å². The molecular weight excluding hydrogens is 348 g/mol. The van der Waals surface area contributed by atoms with E-state index in [1.165, 1.54) is 16.7 Å². The third-order valence-electron chi connectivity index (χ3n) is 3.82. The summed E-state index contributed by atoms with van der Waals surface area (Å²) in [5.41, 5.74) is 3.68. The fraction of sp³-hybridized carbons (Fsp3) is 0.294. The molecule has 0 bridgehead atoms. The minimum Gasteiger partial charge on any atom is -0.316 e. The Labute approximate surface area is 139 Å². The monoisotopic (exact) mass is 364 g/mol. The summed E-state index contributed by atoms with van der Waals surface area (Å²) in [6, 6.07) is 14.6. The standard InChI is InChI=1S/C17H18BrClN2/c18-17-7-15(19)5-6-16(17)14-3-1-12(2-4-14)8-20-9-13-10-21-11-13/h1-7,13,20-21H,8-11H2. The van der Waals surface area contributed by atoms with Crippen molar-refractivity contribution in [2.24, 2.45) is 5.92 Å². The highest BCUT2D eigenvalue weighted by Crippen LogP contribution is 2.30. The summed E-state index contributed by atoms with van der Waals surface area (Å²) in [6.07, 6.45) is 0. The highest BCUT2D eigenvalue weighted by molar-refractivity contribution is 9.10. The zero-order valence-electron chi connectivity index (χ0n) is 11.7. The van der Waals surface area contributed by atoms with Crippen LogP contribution in [0.2, 0.25) is 5.02 Å². The maximum Gasteiger partial charge on any atom is 0.0417 e. The number of benzene rings is 2. The average Bonchev–Trinajstić information content (AvgIpc) is 2.43. The topological polar surface area (TPSA) is 24.1 Å². The lowest BCUT2D eigenvalue weighted by Crippen LogP contribution is -2.47. The van der Waals surface area contributed by atoms with Gasteiger partial charge in [-0.3, -0.25) is 0 Å². The van der Waals surface area contributed by atoms with Crippen molar-refractivity contribution in [3.8, 4) is 11.1 Å². The summed E-state index contributed by atoms with van der Waals surface area (Å²) < 4.78 is 1.03. The average molecular weight is 366 g/mol. The molecule has 1 saturated heterocycles. The molecule has 0 aromatic heterocycles. The van der Waals surface area contributed by atoms with E-state index >= 15 is 0 Å². The molecule has 1 heterocycles. The molecule has 0 spiro atoms. The molecule has 2 aromatic rings. The molecule has 21 heavy (non-hydrogen) atoms. The van der Waals surface area contributed by atoms with Gasteiger partial charge in [-0.2, -0.15) is 0 Å². The van der Waals surface area contributed by atoms with Gasteiger partial charge in [0.25, 0.3) is 0 Å². The van der Waals surface area contributed by atoms with Crippen molar-refractivity contribution in [3.63, 3.8) is 0 Å². The molecule has 2 nitrogen and oxygen atoms in total. The van der Waals surface area contributed by atoms with Gasteiger partial charge in [0.05, 0.1) is 0 Å². The van der Waals surface area contributed by atoms with Gasteiger partial charge in [0.2, 0.25) is 0 Å². The van der Waals surface area contributed by atoms with Crippen LogP contribution >= 0.6 is 27.5 Å². The Morgan fingerprint density at radius 1 is 1.14 bits per heavy atom. The normalized spacial score (nSPS) is 15.0. The smallest absolute Gasteiger partial charge is 0.0417 e. The number of rotatable bonds is 5. The lowest BCUT2D eigenvalue weighted by molar-refractivity contribution is 0.331. The van der Waals surface area contributed by atoms with Crippen LogP contribution in [0, 0.1) is 5.92 Å². The van der Waals surface area contributed by atoms with E-state index in [4.69, 9.17) is 11.6 Å².